The molecule has 15 aromatic rings. The molecule has 1 aliphatic heterocycles. The van der Waals surface area contributed by atoms with Crippen molar-refractivity contribution >= 4 is 61.1 Å². The summed E-state index contributed by atoms with van der Waals surface area (Å²) in [4.78, 5) is 35.5. The third kappa shape index (κ3) is 22.5. The Hall–Kier alpha value is -11.2. The van der Waals surface area contributed by atoms with Gasteiger partial charge in [-0.05, 0) is 127 Å². The summed E-state index contributed by atoms with van der Waals surface area (Å²) < 4.78 is 39.8. The number of alkyl halides is 3. The molecule has 0 saturated heterocycles. The summed E-state index contributed by atoms with van der Waals surface area (Å²) >= 11 is 0. The van der Waals surface area contributed by atoms with Gasteiger partial charge in [0.25, 0.3) is 0 Å². The fourth-order valence-corrected chi connectivity index (χ4v) is 12.6. The molecule has 11 aromatic carbocycles. The number of nitrogens with zero attached hydrogens (tertiary/aromatic N) is 5. The smallest absolute Gasteiger partial charge is 0.381 e. The van der Waals surface area contributed by atoms with Crippen molar-refractivity contribution in [1.29, 1.82) is 0 Å². The Kier molecular flexibility index (Phi) is 31.1. The van der Waals surface area contributed by atoms with Crippen LogP contribution < -0.4 is 9.47 Å². The van der Waals surface area contributed by atoms with Gasteiger partial charge in [0.2, 0.25) is 5.69 Å². The first kappa shape index (κ1) is 85.4. The van der Waals surface area contributed by atoms with Crippen LogP contribution in [0.4, 0.5) is 30.2 Å². The molecule has 4 aromatic heterocycles. The van der Waals surface area contributed by atoms with E-state index in [1.54, 1.807) is 6.07 Å². The SMILES string of the molecule is CC(=O)C=C(C)O.CC(=O)C=C(C)O.CC1(C)c2ccc[c-]c2-c2[c-]ccc3cccc1c23.Cc1ccc(-c2[c-]cccc2)nc1.FC(F)(F)c1c[c-]c(-c2ccc3ccccc3n2)cc1.[Ir].[Ir].[Ir].[c-]1ccccc1-c1nccc2ccccc12.c1ccc(N(c2ccccc2)c2cc[n+]3c(c2)-c2ccccc2C3)cc1. The average Bonchev–Trinajstić information content (AvgIpc) is 1.35. The molecular weight excluding hydrogens is 1920 g/mol. The number of anilines is 3. The van der Waals surface area contributed by atoms with Gasteiger partial charge in [-0.25, -0.2) is 11.1 Å². The molecule has 3 radical (unpaired) electrons. The molecule has 0 fully saturated rings. The number of fused-ring (bicyclic) bond motifs is 7. The summed E-state index contributed by atoms with van der Waals surface area (Å²) in [6, 6.07) is 112. The number of halogens is 3. The maximum Gasteiger partial charge on any atom is 0.381 e. The maximum atomic E-state index is 12.5. The van der Waals surface area contributed by atoms with Crippen molar-refractivity contribution in [1.82, 2.24) is 15.0 Å². The van der Waals surface area contributed by atoms with Gasteiger partial charge in [0.05, 0.1) is 28.3 Å². The Morgan fingerprint density at radius 1 is 0.505 bits per heavy atom. The number of pyridine rings is 4. The summed E-state index contributed by atoms with van der Waals surface area (Å²) in [5, 5.41) is 22.7. The van der Waals surface area contributed by atoms with Gasteiger partial charge >= 0.3 is 6.18 Å². The first-order valence-electron chi connectivity index (χ1n) is 35.1. The minimum atomic E-state index is -4.34. The first-order chi connectivity index (χ1) is 52.2. The number of hydrogen-bond acceptors (Lipinski definition) is 8. The second kappa shape index (κ2) is 40.4. The molecule has 563 valence electrons. The number of para-hydroxylation sites is 3. The van der Waals surface area contributed by atoms with Crippen molar-refractivity contribution in [2.24, 2.45) is 0 Å². The van der Waals surface area contributed by atoms with Crippen LogP contribution >= 0.6 is 0 Å². The molecule has 0 bridgehead atoms. The molecule has 0 amide bonds. The van der Waals surface area contributed by atoms with Crippen LogP contribution in [0.15, 0.2) is 333 Å². The molecule has 1 aliphatic carbocycles. The first-order valence-corrected chi connectivity index (χ1v) is 35.1. The molecule has 2 N–H and O–H groups in total. The number of rotatable bonds is 8. The van der Waals surface area contributed by atoms with Crippen LogP contribution in [0.5, 0.6) is 0 Å². The molecule has 0 saturated carbocycles. The average molecular weight is 2000 g/mol. The number of ketones is 2. The molecule has 15 heteroatoms. The summed E-state index contributed by atoms with van der Waals surface area (Å²) in [6.45, 7) is 13.3. The number of aryl methyl sites for hydroxylation is 1. The summed E-state index contributed by atoms with van der Waals surface area (Å²) in [5.74, 6) is -0.125. The van der Waals surface area contributed by atoms with E-state index in [-0.39, 0.29) is 88.8 Å². The molecule has 0 atom stereocenters. The fourth-order valence-electron chi connectivity index (χ4n) is 12.6. The fraction of sp³-hybridized carbons (Fsp3) is 0.104. The Bertz CT molecular complexity index is 5550. The molecule has 17 rings (SSSR count). The Labute approximate surface area is 687 Å². The third-order valence-corrected chi connectivity index (χ3v) is 17.6. The van der Waals surface area contributed by atoms with Crippen molar-refractivity contribution in [3.63, 3.8) is 0 Å². The van der Waals surface area contributed by atoms with E-state index < -0.39 is 11.7 Å². The topological polar surface area (TPSA) is 120 Å². The van der Waals surface area contributed by atoms with Crippen LogP contribution in [-0.2, 0) is 88.0 Å². The molecule has 9 nitrogen and oxygen atoms in total. The largest absolute Gasteiger partial charge is 0.512 e. The number of aliphatic hydroxyl groups excluding tert-OH is 2. The summed E-state index contributed by atoms with van der Waals surface area (Å²) in [7, 11) is 0. The summed E-state index contributed by atoms with van der Waals surface area (Å²) in [5.41, 5.74) is 19.1. The molecular formula is C96H78F3Ir3N5O4-4. The van der Waals surface area contributed by atoms with Gasteiger partial charge in [0.1, 0.15) is 0 Å². The van der Waals surface area contributed by atoms with Crippen molar-refractivity contribution in [2.45, 2.75) is 66.6 Å². The van der Waals surface area contributed by atoms with Crippen LogP contribution in [0.3, 0.4) is 0 Å². The molecule has 2 aliphatic rings. The van der Waals surface area contributed by atoms with Gasteiger partial charge in [-0.1, -0.05) is 159 Å². The van der Waals surface area contributed by atoms with Crippen LogP contribution in [0.25, 0.3) is 88.6 Å². The van der Waals surface area contributed by atoms with E-state index in [1.165, 1.54) is 118 Å². The molecule has 0 spiro atoms. The second-order valence-electron chi connectivity index (χ2n) is 26.1. The third-order valence-electron chi connectivity index (χ3n) is 17.6. The van der Waals surface area contributed by atoms with Gasteiger partial charge in [-0.2, -0.15) is 53.6 Å². The zero-order valence-electron chi connectivity index (χ0n) is 61.9. The number of carbonyl (C=O) groups excluding carboxylic acids is 2. The normalized spacial score (nSPS) is 11.6. The molecule has 111 heavy (non-hydrogen) atoms. The quantitative estimate of drug-likeness (QED) is 0.0668. The zero-order valence-corrected chi connectivity index (χ0v) is 69.1. The number of hydrogen-bond donors (Lipinski definition) is 2. The Morgan fingerprint density at radius 3 is 1.69 bits per heavy atom. The molecule has 5 heterocycles. The van der Waals surface area contributed by atoms with Crippen LogP contribution in [0, 0.1) is 37.3 Å². The van der Waals surface area contributed by atoms with Crippen molar-refractivity contribution < 1.29 is 97.9 Å². The second-order valence-corrected chi connectivity index (χ2v) is 26.1. The molecule has 0 unspecified atom stereocenters. The van der Waals surface area contributed by atoms with Crippen LogP contribution in [0.1, 0.15) is 69.4 Å². The van der Waals surface area contributed by atoms with E-state index in [9.17, 15) is 22.8 Å². The van der Waals surface area contributed by atoms with E-state index in [2.05, 4.69) is 226 Å². The van der Waals surface area contributed by atoms with E-state index >= 15 is 0 Å². The maximum absolute atomic E-state index is 12.5. The standard InChI is InChI=1S/C24H19N2.C19H14.C16H9F3N.C15H10N.C12H10N.2C5H8O2.3Ir/c1-3-10-20(11-4-1)26(21-12-5-2-6-13-21)22-15-16-25-18-19-9-7-8-14-23(19)24(25)17-22;1-19(2)16-11-4-3-9-14(16)15-10-5-7-13-8-6-12-17(19)18(13)15;17-16(18,19)13-8-5-12(6-9-13)15-10-7-11-3-1-2-4-14(11)20-15;1-2-7-13(8-3-1)15-14-9-5-4-6-12(14)10-11-16-15;1-10-7-8-12(13-9-10)11-5-3-2-4-6-11;2*1-4(6)3-5(2)7;;;/h1-17H,18H2;3-8,11-12H,1-2H3;1-5,7-10H;1-7,9-11H;2-5,7-9H,1H3;2*3,6H,1-2H3;;;/q+1;-2;3*-1;;;;;. The minimum Gasteiger partial charge on any atom is -0.512 e. The predicted octanol–water partition coefficient (Wildman–Crippen LogP) is 23.6. The van der Waals surface area contributed by atoms with E-state index in [1.807, 2.05) is 135 Å². The summed E-state index contributed by atoms with van der Waals surface area (Å²) in [6.07, 6.45) is 3.91. The van der Waals surface area contributed by atoms with Crippen LogP contribution in [-0.4, -0.2) is 36.7 Å². The van der Waals surface area contributed by atoms with E-state index in [0.29, 0.717) is 11.3 Å². The van der Waals surface area contributed by atoms with Crippen molar-refractivity contribution in [2.75, 3.05) is 4.90 Å². The van der Waals surface area contributed by atoms with Gasteiger partial charge in [0.15, 0.2) is 24.3 Å². The van der Waals surface area contributed by atoms with Gasteiger partial charge in [0, 0.05) is 114 Å². The van der Waals surface area contributed by atoms with E-state index in [4.69, 9.17) is 10.2 Å². The monoisotopic (exact) mass is 2000 g/mol. The number of benzene rings is 11. The zero-order chi connectivity index (χ0) is 76.2. The van der Waals surface area contributed by atoms with Gasteiger partial charge in [-0.3, -0.25) is 14.6 Å². The number of aromatic nitrogens is 4. The number of aliphatic hydroxyl groups is 2. The Morgan fingerprint density at radius 2 is 1.08 bits per heavy atom. The van der Waals surface area contributed by atoms with Crippen LogP contribution in [0.2, 0.25) is 0 Å². The van der Waals surface area contributed by atoms with Crippen molar-refractivity contribution in [3.8, 4) is 56.2 Å². The number of allylic oxidation sites excluding steroid dienone is 4. The van der Waals surface area contributed by atoms with Gasteiger partial charge in [-0.15, -0.1) is 125 Å². The minimum absolute atomic E-state index is 0. The van der Waals surface area contributed by atoms with Crippen molar-refractivity contribution in [3.05, 3.63) is 392 Å². The number of carbonyl (C=O) groups is 2. The Balaban J connectivity index is 0.000000168. The van der Waals surface area contributed by atoms with E-state index in [0.717, 1.165) is 63.5 Å². The predicted molar refractivity (Wildman–Crippen MR) is 429 cm³/mol. The van der Waals surface area contributed by atoms with Gasteiger partial charge < -0.3 is 25.1 Å².